The smallest absolute Gasteiger partial charge is 0.150 e. The van der Waals surface area contributed by atoms with E-state index in [0.717, 1.165) is 11.8 Å². The number of aliphatic hydroxyl groups excluding tert-OH is 9. The zero-order valence-electron chi connectivity index (χ0n) is 15.8. The molecule has 2 unspecified atom stereocenters. The van der Waals surface area contributed by atoms with E-state index in [1.54, 1.807) is 0 Å². The molecule has 2 rings (SSSR count). The lowest BCUT2D eigenvalue weighted by atomic mass is 9.75. The van der Waals surface area contributed by atoms with Crippen molar-refractivity contribution in [1.29, 1.82) is 0 Å². The van der Waals surface area contributed by atoms with Crippen molar-refractivity contribution in [3.63, 3.8) is 0 Å². The molecule has 10 N–H and O–H groups in total. The summed E-state index contributed by atoms with van der Waals surface area (Å²) in [5.41, 5.74) is -3.88. The first-order valence-electron chi connectivity index (χ1n) is 9.28. The average Bonchev–Trinajstić information content (AvgIpc) is 2.74. The first-order valence-corrected chi connectivity index (χ1v) is 11.0. The molecule has 2 saturated heterocycles. The van der Waals surface area contributed by atoms with E-state index in [2.05, 4.69) is 12.6 Å². The van der Waals surface area contributed by atoms with Crippen LogP contribution in [0.3, 0.4) is 0 Å². The van der Waals surface area contributed by atoms with Gasteiger partial charge in [-0.2, -0.15) is 12.6 Å². The van der Waals surface area contributed by atoms with Crippen LogP contribution >= 0.6 is 24.4 Å². The molecule has 0 saturated carbocycles. The molecule has 12 atom stereocenters. The summed E-state index contributed by atoms with van der Waals surface area (Å²) in [5, 5.41) is 101. The SMILES string of the molecule is OC[C@H]1O[C@@H]([C@]2(O)[C@H](O)[C@@H](O)[C@H](SCC(O)C(O)CS)O[C@@H]2CO)[C@H](O)[C@@H](O)[C@@H]1O. The Morgan fingerprint density at radius 1 is 0.867 bits per heavy atom. The lowest BCUT2D eigenvalue weighted by Crippen LogP contribution is -2.76. The second-order valence-corrected chi connectivity index (χ2v) is 8.89. The zero-order chi connectivity index (χ0) is 22.8. The fourth-order valence-electron chi connectivity index (χ4n) is 3.55. The lowest BCUT2D eigenvalue weighted by Gasteiger charge is -2.54. The van der Waals surface area contributed by atoms with Crippen LogP contribution in [0.2, 0.25) is 0 Å². The number of ether oxygens (including phenoxy) is 2. The molecule has 2 aliphatic heterocycles. The maximum absolute atomic E-state index is 11.1. The molecule has 0 aliphatic carbocycles. The Kier molecular flexibility index (Phi) is 9.61. The molecule has 2 fully saturated rings. The predicted octanol–water partition coefficient (Wildman–Crippen LogP) is -5.62. The summed E-state index contributed by atoms with van der Waals surface area (Å²) in [6.07, 6.45) is -16.6. The van der Waals surface area contributed by atoms with E-state index >= 15 is 0 Å². The second-order valence-electron chi connectivity index (χ2n) is 7.40. The van der Waals surface area contributed by atoms with Gasteiger partial charge < -0.3 is 60.5 Å². The van der Waals surface area contributed by atoms with Gasteiger partial charge in [-0.1, -0.05) is 0 Å². The van der Waals surface area contributed by atoms with E-state index in [0.29, 0.717) is 0 Å². The van der Waals surface area contributed by atoms with Crippen molar-refractivity contribution in [2.75, 3.05) is 24.7 Å². The molecule has 12 nitrogen and oxygen atoms in total. The van der Waals surface area contributed by atoms with Crippen LogP contribution in [0.1, 0.15) is 0 Å². The monoisotopic (exact) mass is 478 g/mol. The highest BCUT2D eigenvalue weighted by molar-refractivity contribution is 7.99. The quantitative estimate of drug-likeness (QED) is 0.147. The fourth-order valence-corrected chi connectivity index (χ4v) is 4.96. The molecule has 0 bridgehead atoms. The van der Waals surface area contributed by atoms with Crippen LogP contribution < -0.4 is 0 Å². The van der Waals surface area contributed by atoms with Gasteiger partial charge in [0.2, 0.25) is 0 Å². The van der Waals surface area contributed by atoms with Crippen LogP contribution in [0.15, 0.2) is 0 Å². The van der Waals surface area contributed by atoms with Gasteiger partial charge in [0.1, 0.15) is 54.3 Å². The van der Waals surface area contributed by atoms with Gasteiger partial charge in [-0.25, -0.2) is 0 Å². The van der Waals surface area contributed by atoms with Crippen LogP contribution in [0, 0.1) is 0 Å². The summed E-state index contributed by atoms with van der Waals surface area (Å²) in [6, 6.07) is 0. The minimum absolute atomic E-state index is 0.0193. The number of hydrogen-bond acceptors (Lipinski definition) is 14. The third-order valence-corrected chi connectivity index (χ3v) is 7.09. The van der Waals surface area contributed by atoms with E-state index in [9.17, 15) is 51.1 Å². The first-order chi connectivity index (χ1) is 14.0. The third-order valence-electron chi connectivity index (χ3n) is 5.47. The zero-order valence-corrected chi connectivity index (χ0v) is 17.5. The largest absolute Gasteiger partial charge is 0.394 e. The minimum atomic E-state index is -2.64. The topological polar surface area (TPSA) is 221 Å². The number of aliphatic hydroxyl groups is 10. The molecule has 178 valence electrons. The fraction of sp³-hybridized carbons (Fsp3) is 1.00. The maximum Gasteiger partial charge on any atom is 0.150 e. The second kappa shape index (κ2) is 10.9. The molecule has 0 aromatic rings. The van der Waals surface area contributed by atoms with Gasteiger partial charge in [0.05, 0.1) is 25.4 Å². The molecule has 14 heteroatoms. The number of hydrogen-bond donors (Lipinski definition) is 11. The Morgan fingerprint density at radius 3 is 2.03 bits per heavy atom. The summed E-state index contributed by atoms with van der Waals surface area (Å²) in [7, 11) is 0. The Balaban J connectivity index is 2.22. The van der Waals surface area contributed by atoms with Crippen LogP contribution in [0.5, 0.6) is 0 Å². The number of thioether (sulfide) groups is 1. The molecule has 30 heavy (non-hydrogen) atoms. The van der Waals surface area contributed by atoms with Gasteiger partial charge in [0.15, 0.2) is 5.60 Å². The van der Waals surface area contributed by atoms with Crippen molar-refractivity contribution in [2.45, 2.75) is 72.1 Å². The van der Waals surface area contributed by atoms with Gasteiger partial charge in [0, 0.05) is 11.5 Å². The Morgan fingerprint density at radius 2 is 1.50 bits per heavy atom. The van der Waals surface area contributed by atoms with Crippen molar-refractivity contribution in [1.82, 2.24) is 0 Å². The van der Waals surface area contributed by atoms with Crippen molar-refractivity contribution >= 4 is 24.4 Å². The van der Waals surface area contributed by atoms with E-state index in [1.807, 2.05) is 0 Å². The number of thiol groups is 1. The molecule has 2 heterocycles. The highest BCUT2D eigenvalue weighted by Gasteiger charge is 2.63. The van der Waals surface area contributed by atoms with Gasteiger partial charge >= 0.3 is 0 Å². The van der Waals surface area contributed by atoms with E-state index in [4.69, 9.17) is 9.47 Å². The maximum atomic E-state index is 11.1. The summed E-state index contributed by atoms with van der Waals surface area (Å²) < 4.78 is 10.8. The highest BCUT2D eigenvalue weighted by Crippen LogP contribution is 2.41. The third kappa shape index (κ3) is 4.92. The Hall–Kier alpha value is 0.220. The predicted molar refractivity (Wildman–Crippen MR) is 105 cm³/mol. The van der Waals surface area contributed by atoms with Gasteiger partial charge in [-0.15, -0.1) is 11.8 Å². The molecule has 0 aromatic heterocycles. The van der Waals surface area contributed by atoms with Crippen molar-refractivity contribution in [2.24, 2.45) is 0 Å². The van der Waals surface area contributed by atoms with Crippen LogP contribution in [-0.4, -0.2) is 148 Å². The molecule has 2 aliphatic rings. The first kappa shape index (κ1) is 26.5. The summed E-state index contributed by atoms with van der Waals surface area (Å²) in [5.74, 6) is -0.151. The van der Waals surface area contributed by atoms with Crippen LogP contribution in [-0.2, 0) is 9.47 Å². The normalized spacial score (nSPS) is 47.1. The van der Waals surface area contributed by atoms with Gasteiger partial charge in [-0.05, 0) is 0 Å². The Labute approximate surface area is 182 Å². The van der Waals surface area contributed by atoms with Crippen molar-refractivity contribution in [3.8, 4) is 0 Å². The van der Waals surface area contributed by atoms with Gasteiger partial charge in [-0.3, -0.25) is 0 Å². The van der Waals surface area contributed by atoms with E-state index in [1.165, 1.54) is 0 Å². The molecule has 0 amide bonds. The molecule has 0 aromatic carbocycles. The summed E-state index contributed by atoms with van der Waals surface area (Å²) in [6.45, 7) is -1.68. The van der Waals surface area contributed by atoms with E-state index in [-0.39, 0.29) is 11.5 Å². The van der Waals surface area contributed by atoms with Crippen LogP contribution in [0.25, 0.3) is 0 Å². The summed E-state index contributed by atoms with van der Waals surface area (Å²) in [4.78, 5) is 0. The minimum Gasteiger partial charge on any atom is -0.394 e. The Bertz CT molecular complexity index is 540. The van der Waals surface area contributed by atoms with Crippen molar-refractivity contribution < 1.29 is 60.5 Å². The number of rotatable bonds is 8. The van der Waals surface area contributed by atoms with Crippen LogP contribution in [0.4, 0.5) is 0 Å². The molecular formula is C16H30O12S2. The standard InChI is InChI=1S/C16H30O12S2/c17-1-7-9(21)10(22)11(23)14(27-7)16(26)8(2-18)28-15(12(24)13(16)25)30-4-6(20)5(19)3-29/h5-15,17-26,29H,1-4H2/t5?,6?,7-,8-,9-,10+,11-,12-,13-,14-,15+,16-/m1/s1. The molecule has 0 spiro atoms. The lowest BCUT2D eigenvalue weighted by molar-refractivity contribution is -0.337. The molecule has 0 radical (unpaired) electrons. The summed E-state index contributed by atoms with van der Waals surface area (Å²) >= 11 is 4.66. The van der Waals surface area contributed by atoms with Crippen molar-refractivity contribution in [3.05, 3.63) is 0 Å². The molecular weight excluding hydrogens is 448 g/mol. The van der Waals surface area contributed by atoms with E-state index < -0.39 is 85.3 Å². The van der Waals surface area contributed by atoms with Gasteiger partial charge in [0.25, 0.3) is 0 Å². The average molecular weight is 479 g/mol. The highest BCUT2D eigenvalue weighted by atomic mass is 32.2.